The lowest BCUT2D eigenvalue weighted by Gasteiger charge is -2.10. The van der Waals surface area contributed by atoms with Crippen molar-refractivity contribution in [1.82, 2.24) is 9.88 Å². The molecule has 1 aromatic heterocycles. The molecule has 1 aromatic carbocycles. The number of nitrogens with one attached hydrogen (secondary N) is 1. The van der Waals surface area contributed by atoms with E-state index in [1.54, 1.807) is 36.1 Å². The van der Waals surface area contributed by atoms with E-state index >= 15 is 0 Å². The number of aromatic nitrogens is 1. The monoisotopic (exact) mass is 344 g/mol. The van der Waals surface area contributed by atoms with Crippen LogP contribution < -0.4 is 20.3 Å². The molecule has 0 bridgehead atoms. The zero-order valence-electron chi connectivity index (χ0n) is 14.9. The number of carbonyl (C=O) groups excluding carboxylic acids is 1. The molecule has 0 unspecified atom stereocenters. The molecule has 6 nitrogen and oxygen atoms in total. The van der Waals surface area contributed by atoms with Crippen LogP contribution in [0.3, 0.4) is 0 Å². The Balaban J connectivity index is 2.18. The van der Waals surface area contributed by atoms with E-state index in [9.17, 15) is 9.59 Å². The van der Waals surface area contributed by atoms with Gasteiger partial charge >= 0.3 is 0 Å². The Hall–Kier alpha value is -2.76. The van der Waals surface area contributed by atoms with Crippen LogP contribution in [0, 0.1) is 0 Å². The van der Waals surface area contributed by atoms with Crippen LogP contribution in [0.4, 0.5) is 0 Å². The van der Waals surface area contributed by atoms with Crippen LogP contribution in [-0.4, -0.2) is 31.2 Å². The molecule has 25 heavy (non-hydrogen) atoms. The fourth-order valence-corrected chi connectivity index (χ4v) is 2.47. The molecule has 0 atom stereocenters. The van der Waals surface area contributed by atoms with Crippen LogP contribution in [0.25, 0.3) is 10.8 Å². The van der Waals surface area contributed by atoms with Crippen LogP contribution in [0.1, 0.15) is 19.8 Å². The van der Waals surface area contributed by atoms with Crippen molar-refractivity contribution >= 4 is 16.7 Å². The van der Waals surface area contributed by atoms with Crippen molar-refractivity contribution in [2.24, 2.45) is 0 Å². The Bertz CT molecular complexity index is 824. The van der Waals surface area contributed by atoms with E-state index in [-0.39, 0.29) is 11.5 Å². The zero-order valence-corrected chi connectivity index (χ0v) is 14.9. The van der Waals surface area contributed by atoms with Gasteiger partial charge in [0.15, 0.2) is 11.5 Å². The molecule has 1 amide bonds. The topological polar surface area (TPSA) is 69.6 Å². The number of fused-ring (bicyclic) bond motifs is 1. The van der Waals surface area contributed by atoms with Crippen molar-refractivity contribution in [1.29, 1.82) is 0 Å². The minimum absolute atomic E-state index is 0.144. The number of unbranched alkanes of at least 4 members (excludes halogenated alkanes) is 1. The Morgan fingerprint density at radius 1 is 1.24 bits per heavy atom. The third-order valence-electron chi connectivity index (χ3n) is 3.88. The highest BCUT2D eigenvalue weighted by Gasteiger charge is 2.09. The number of carbonyl (C=O) groups is 1. The zero-order chi connectivity index (χ0) is 18.2. The van der Waals surface area contributed by atoms with Gasteiger partial charge in [0.25, 0.3) is 5.56 Å². The first-order valence-corrected chi connectivity index (χ1v) is 8.30. The number of hydrogen-bond acceptors (Lipinski definition) is 4. The van der Waals surface area contributed by atoms with Gasteiger partial charge in [-0.15, -0.1) is 0 Å². The van der Waals surface area contributed by atoms with Gasteiger partial charge < -0.3 is 19.4 Å². The number of amides is 1. The van der Waals surface area contributed by atoms with E-state index in [0.29, 0.717) is 30.0 Å². The molecule has 0 saturated heterocycles. The van der Waals surface area contributed by atoms with Gasteiger partial charge in [-0.25, -0.2) is 0 Å². The lowest BCUT2D eigenvalue weighted by molar-refractivity contribution is -0.116. The minimum Gasteiger partial charge on any atom is -0.493 e. The summed E-state index contributed by atoms with van der Waals surface area (Å²) in [6.45, 7) is 3.06. The van der Waals surface area contributed by atoms with Crippen LogP contribution in [-0.2, 0) is 11.3 Å². The standard InChI is InChI=1S/C19H24N2O4/c1-4-5-9-20-18(22)7-6-10-21-11-8-14-12-16(24-2)17(25-3)13-15(14)19(21)23/h6-8,11-13H,4-5,9-10H2,1-3H3,(H,20,22)/b7-6+. The molecule has 0 saturated carbocycles. The fraction of sp³-hybridized carbons (Fsp3) is 0.368. The Labute approximate surface area is 147 Å². The molecule has 2 aromatic rings. The number of hydrogen-bond donors (Lipinski definition) is 1. The number of ether oxygens (including phenoxy) is 2. The summed E-state index contributed by atoms with van der Waals surface area (Å²) in [7, 11) is 3.09. The molecule has 0 aliphatic heterocycles. The highest BCUT2D eigenvalue weighted by atomic mass is 16.5. The molecule has 0 radical (unpaired) electrons. The maximum atomic E-state index is 12.6. The van der Waals surface area contributed by atoms with Crippen molar-refractivity contribution in [3.8, 4) is 11.5 Å². The Morgan fingerprint density at radius 3 is 2.64 bits per heavy atom. The number of benzene rings is 1. The largest absolute Gasteiger partial charge is 0.493 e. The van der Waals surface area contributed by atoms with Crippen LogP contribution in [0.15, 0.2) is 41.3 Å². The normalized spacial score (nSPS) is 11.0. The van der Waals surface area contributed by atoms with Gasteiger partial charge in [0.05, 0.1) is 19.6 Å². The predicted octanol–water partition coefficient (Wildman–Crippen LogP) is 2.49. The van der Waals surface area contributed by atoms with Crippen molar-refractivity contribution < 1.29 is 14.3 Å². The summed E-state index contributed by atoms with van der Waals surface area (Å²) < 4.78 is 12.1. The van der Waals surface area contributed by atoms with Gasteiger partial charge in [-0.3, -0.25) is 9.59 Å². The van der Waals surface area contributed by atoms with E-state index < -0.39 is 0 Å². The first-order chi connectivity index (χ1) is 12.1. The summed E-state index contributed by atoms with van der Waals surface area (Å²) in [6.07, 6.45) is 6.83. The molecule has 1 N–H and O–H groups in total. The third kappa shape index (κ3) is 4.62. The lowest BCUT2D eigenvalue weighted by Crippen LogP contribution is -2.22. The van der Waals surface area contributed by atoms with E-state index in [0.717, 1.165) is 18.2 Å². The summed E-state index contributed by atoms with van der Waals surface area (Å²) in [5.41, 5.74) is -0.144. The predicted molar refractivity (Wildman–Crippen MR) is 98.4 cm³/mol. The first kappa shape index (κ1) is 18.6. The Kier molecular flexibility index (Phi) is 6.62. The number of nitrogens with zero attached hydrogens (tertiary/aromatic N) is 1. The van der Waals surface area contributed by atoms with Crippen LogP contribution in [0.2, 0.25) is 0 Å². The first-order valence-electron chi connectivity index (χ1n) is 8.30. The van der Waals surface area contributed by atoms with Crippen molar-refractivity contribution in [3.63, 3.8) is 0 Å². The van der Waals surface area contributed by atoms with Crippen molar-refractivity contribution in [3.05, 3.63) is 46.9 Å². The van der Waals surface area contributed by atoms with Gasteiger partial charge in [0, 0.05) is 25.4 Å². The molecule has 0 spiro atoms. The molecule has 0 aliphatic carbocycles. The van der Waals surface area contributed by atoms with Gasteiger partial charge in [-0.05, 0) is 30.0 Å². The highest BCUT2D eigenvalue weighted by Crippen LogP contribution is 2.30. The number of allylic oxidation sites excluding steroid dienone is 1. The van der Waals surface area contributed by atoms with E-state index in [1.807, 2.05) is 6.07 Å². The maximum Gasteiger partial charge on any atom is 0.258 e. The average Bonchev–Trinajstić information content (AvgIpc) is 2.63. The van der Waals surface area contributed by atoms with Crippen molar-refractivity contribution in [2.75, 3.05) is 20.8 Å². The number of pyridine rings is 1. The summed E-state index contributed by atoms with van der Waals surface area (Å²) in [6, 6.07) is 5.29. The van der Waals surface area contributed by atoms with Crippen LogP contribution >= 0.6 is 0 Å². The second-order valence-electron chi connectivity index (χ2n) is 5.61. The molecular weight excluding hydrogens is 320 g/mol. The maximum absolute atomic E-state index is 12.6. The molecule has 1 heterocycles. The molecule has 0 aliphatic rings. The summed E-state index contributed by atoms with van der Waals surface area (Å²) >= 11 is 0. The molecule has 2 rings (SSSR count). The number of rotatable bonds is 8. The van der Waals surface area contributed by atoms with Gasteiger partial charge in [0.1, 0.15) is 0 Å². The second-order valence-corrected chi connectivity index (χ2v) is 5.61. The van der Waals surface area contributed by atoms with Crippen molar-refractivity contribution in [2.45, 2.75) is 26.3 Å². The quantitative estimate of drug-likeness (QED) is 0.590. The second kappa shape index (κ2) is 8.92. The minimum atomic E-state index is -0.145. The van der Waals surface area contributed by atoms with E-state index in [2.05, 4.69) is 12.2 Å². The summed E-state index contributed by atoms with van der Waals surface area (Å²) in [5, 5.41) is 4.12. The average molecular weight is 344 g/mol. The lowest BCUT2D eigenvalue weighted by atomic mass is 10.1. The Morgan fingerprint density at radius 2 is 1.96 bits per heavy atom. The van der Waals surface area contributed by atoms with Gasteiger partial charge in [-0.1, -0.05) is 19.4 Å². The summed E-state index contributed by atoms with van der Waals surface area (Å²) in [4.78, 5) is 24.3. The summed E-state index contributed by atoms with van der Waals surface area (Å²) in [5.74, 6) is 0.945. The third-order valence-corrected chi connectivity index (χ3v) is 3.88. The van der Waals surface area contributed by atoms with Crippen LogP contribution in [0.5, 0.6) is 11.5 Å². The smallest absolute Gasteiger partial charge is 0.258 e. The molecule has 6 heteroatoms. The molecular formula is C19H24N2O4. The van der Waals surface area contributed by atoms with Gasteiger partial charge in [-0.2, -0.15) is 0 Å². The van der Waals surface area contributed by atoms with E-state index in [4.69, 9.17) is 9.47 Å². The SMILES string of the molecule is CCCCNC(=O)/C=C/Cn1ccc2cc(OC)c(OC)cc2c1=O. The van der Waals surface area contributed by atoms with E-state index in [1.165, 1.54) is 13.2 Å². The highest BCUT2D eigenvalue weighted by molar-refractivity contribution is 5.87. The molecule has 134 valence electrons. The van der Waals surface area contributed by atoms with Gasteiger partial charge in [0.2, 0.25) is 5.91 Å². The fourth-order valence-electron chi connectivity index (χ4n) is 2.47. The molecule has 0 fully saturated rings. The number of methoxy groups -OCH3 is 2.